The number of nitrogens with zero attached hydrogens (tertiary/aromatic N) is 1. The quantitative estimate of drug-likeness (QED) is 0.660. The number of aromatic nitrogens is 1. The van der Waals surface area contributed by atoms with E-state index >= 15 is 0 Å². The maximum absolute atomic E-state index is 5.93. The molecule has 1 aromatic heterocycles. The van der Waals surface area contributed by atoms with Crippen molar-refractivity contribution in [3.63, 3.8) is 0 Å². The molecule has 0 fully saturated rings. The molecule has 0 aliphatic heterocycles. The summed E-state index contributed by atoms with van der Waals surface area (Å²) in [4.78, 5) is 4.00. The van der Waals surface area contributed by atoms with Gasteiger partial charge < -0.3 is 5.73 Å². The summed E-state index contributed by atoms with van der Waals surface area (Å²) in [5, 5.41) is 0. The van der Waals surface area contributed by atoms with Crippen molar-refractivity contribution < 1.29 is 0 Å². The molecule has 0 atom stereocenters. The van der Waals surface area contributed by atoms with Crippen LogP contribution in [0.2, 0.25) is 0 Å². The van der Waals surface area contributed by atoms with Gasteiger partial charge in [0.05, 0.1) is 0 Å². The first-order valence-electron chi connectivity index (χ1n) is 3.72. The molecule has 0 aliphatic rings. The Balaban J connectivity index is 3.14. The Labute approximate surface area is 67.5 Å². The van der Waals surface area contributed by atoms with Crippen LogP contribution in [-0.2, 0) is 5.54 Å². The first-order chi connectivity index (χ1) is 5.02. The van der Waals surface area contributed by atoms with Gasteiger partial charge in [-0.25, -0.2) is 0 Å². The van der Waals surface area contributed by atoms with Gasteiger partial charge in [0, 0.05) is 17.9 Å². The summed E-state index contributed by atoms with van der Waals surface area (Å²) in [7, 11) is 0. The molecule has 1 heterocycles. The molecule has 0 aromatic carbocycles. The molecule has 0 aliphatic carbocycles. The molecule has 0 amide bonds. The van der Waals surface area contributed by atoms with Crippen molar-refractivity contribution in [3.8, 4) is 0 Å². The number of hydrogen-bond acceptors (Lipinski definition) is 2. The van der Waals surface area contributed by atoms with Gasteiger partial charge in [-0.2, -0.15) is 0 Å². The number of aryl methyl sites for hydroxylation is 1. The van der Waals surface area contributed by atoms with Crippen molar-refractivity contribution in [3.05, 3.63) is 29.6 Å². The summed E-state index contributed by atoms with van der Waals surface area (Å²) in [5.41, 5.74) is 7.99. The Kier molecular flexibility index (Phi) is 1.96. The van der Waals surface area contributed by atoms with Crippen LogP contribution >= 0.6 is 0 Å². The molecule has 1 rings (SSSR count). The standard InChI is InChI=1S/C9H14N2/c1-7-6-11-5-4-8(7)9(2,3)10/h4-6H,10H2,1-3H3. The lowest BCUT2D eigenvalue weighted by molar-refractivity contribution is 0.550. The summed E-state index contributed by atoms with van der Waals surface area (Å²) < 4.78 is 0. The maximum atomic E-state index is 5.93. The fourth-order valence-corrected chi connectivity index (χ4v) is 1.20. The van der Waals surface area contributed by atoms with Crippen molar-refractivity contribution >= 4 is 0 Å². The predicted octanol–water partition coefficient (Wildman–Crippen LogP) is 1.58. The molecule has 0 unspecified atom stereocenters. The smallest absolute Gasteiger partial charge is 0.0356 e. The fraction of sp³-hybridized carbons (Fsp3) is 0.444. The van der Waals surface area contributed by atoms with Gasteiger partial charge in [0.25, 0.3) is 0 Å². The van der Waals surface area contributed by atoms with E-state index in [2.05, 4.69) is 4.98 Å². The lowest BCUT2D eigenvalue weighted by Crippen LogP contribution is -2.29. The molecular weight excluding hydrogens is 136 g/mol. The monoisotopic (exact) mass is 150 g/mol. The van der Waals surface area contributed by atoms with Crippen molar-refractivity contribution in [2.75, 3.05) is 0 Å². The SMILES string of the molecule is Cc1cnccc1C(C)(C)N. The van der Waals surface area contributed by atoms with Gasteiger partial charge in [0.1, 0.15) is 0 Å². The Morgan fingerprint density at radius 1 is 1.45 bits per heavy atom. The number of pyridine rings is 1. The van der Waals surface area contributed by atoms with E-state index in [4.69, 9.17) is 5.73 Å². The molecule has 0 radical (unpaired) electrons. The zero-order valence-corrected chi connectivity index (χ0v) is 7.26. The van der Waals surface area contributed by atoms with Crippen LogP contribution in [0.5, 0.6) is 0 Å². The van der Waals surface area contributed by atoms with E-state index in [9.17, 15) is 0 Å². The van der Waals surface area contributed by atoms with Crippen LogP contribution in [0.25, 0.3) is 0 Å². The Hall–Kier alpha value is -0.890. The average molecular weight is 150 g/mol. The van der Waals surface area contributed by atoms with Crippen LogP contribution in [0.15, 0.2) is 18.5 Å². The highest BCUT2D eigenvalue weighted by Gasteiger charge is 2.15. The largest absolute Gasteiger partial charge is 0.322 e. The second-order valence-electron chi connectivity index (χ2n) is 3.41. The molecule has 60 valence electrons. The lowest BCUT2D eigenvalue weighted by atomic mass is 9.93. The summed E-state index contributed by atoms with van der Waals surface area (Å²) in [6, 6.07) is 1.97. The zero-order valence-electron chi connectivity index (χ0n) is 7.26. The molecule has 0 saturated heterocycles. The van der Waals surface area contributed by atoms with Crippen LogP contribution in [0.3, 0.4) is 0 Å². The summed E-state index contributed by atoms with van der Waals surface area (Å²) in [6.45, 7) is 6.02. The Morgan fingerprint density at radius 2 is 2.09 bits per heavy atom. The summed E-state index contributed by atoms with van der Waals surface area (Å²) >= 11 is 0. The molecule has 0 bridgehead atoms. The average Bonchev–Trinajstić information content (AvgIpc) is 1.86. The van der Waals surface area contributed by atoms with E-state index in [0.717, 1.165) is 11.1 Å². The minimum absolute atomic E-state index is 0.257. The van der Waals surface area contributed by atoms with E-state index < -0.39 is 0 Å². The lowest BCUT2D eigenvalue weighted by Gasteiger charge is -2.20. The third-order valence-electron chi connectivity index (χ3n) is 1.71. The van der Waals surface area contributed by atoms with Gasteiger partial charge in [-0.3, -0.25) is 4.98 Å². The normalized spacial score (nSPS) is 11.6. The Bertz CT molecular complexity index is 248. The highest BCUT2D eigenvalue weighted by molar-refractivity contribution is 5.27. The third kappa shape index (κ3) is 1.77. The summed E-state index contributed by atoms with van der Waals surface area (Å²) in [6.07, 6.45) is 3.61. The highest BCUT2D eigenvalue weighted by Crippen LogP contribution is 2.18. The predicted molar refractivity (Wildman–Crippen MR) is 46.2 cm³/mol. The Morgan fingerprint density at radius 3 is 2.45 bits per heavy atom. The molecule has 1 aromatic rings. The number of rotatable bonds is 1. The number of hydrogen-bond donors (Lipinski definition) is 1. The van der Waals surface area contributed by atoms with Crippen molar-refractivity contribution in [1.29, 1.82) is 0 Å². The summed E-state index contributed by atoms with van der Waals surface area (Å²) in [5.74, 6) is 0. The van der Waals surface area contributed by atoms with Crippen molar-refractivity contribution in [1.82, 2.24) is 4.98 Å². The van der Waals surface area contributed by atoms with Gasteiger partial charge in [-0.1, -0.05) is 0 Å². The molecule has 2 heteroatoms. The first-order valence-corrected chi connectivity index (χ1v) is 3.72. The minimum atomic E-state index is -0.257. The van der Waals surface area contributed by atoms with Gasteiger partial charge in [0.2, 0.25) is 0 Å². The fourth-order valence-electron chi connectivity index (χ4n) is 1.20. The molecule has 2 N–H and O–H groups in total. The van der Waals surface area contributed by atoms with E-state index in [1.165, 1.54) is 0 Å². The van der Waals surface area contributed by atoms with E-state index in [-0.39, 0.29) is 5.54 Å². The topological polar surface area (TPSA) is 38.9 Å². The first kappa shape index (κ1) is 8.21. The van der Waals surface area contributed by atoms with Crippen LogP contribution in [0, 0.1) is 6.92 Å². The van der Waals surface area contributed by atoms with E-state index in [1.807, 2.05) is 33.0 Å². The van der Waals surface area contributed by atoms with E-state index in [0.29, 0.717) is 0 Å². The third-order valence-corrected chi connectivity index (χ3v) is 1.71. The second kappa shape index (κ2) is 2.62. The van der Waals surface area contributed by atoms with Gasteiger partial charge in [-0.15, -0.1) is 0 Å². The molecule has 2 nitrogen and oxygen atoms in total. The maximum Gasteiger partial charge on any atom is 0.0356 e. The zero-order chi connectivity index (χ0) is 8.48. The molecule has 11 heavy (non-hydrogen) atoms. The van der Waals surface area contributed by atoms with Gasteiger partial charge >= 0.3 is 0 Å². The van der Waals surface area contributed by atoms with Crippen molar-refractivity contribution in [2.45, 2.75) is 26.3 Å². The minimum Gasteiger partial charge on any atom is -0.322 e. The van der Waals surface area contributed by atoms with Gasteiger partial charge in [0.15, 0.2) is 0 Å². The van der Waals surface area contributed by atoms with Crippen molar-refractivity contribution in [2.24, 2.45) is 5.73 Å². The molecular formula is C9H14N2. The highest BCUT2D eigenvalue weighted by atomic mass is 14.7. The number of nitrogens with two attached hydrogens (primary N) is 1. The van der Waals surface area contributed by atoms with Crippen LogP contribution in [0.4, 0.5) is 0 Å². The van der Waals surface area contributed by atoms with Crippen LogP contribution < -0.4 is 5.73 Å². The second-order valence-corrected chi connectivity index (χ2v) is 3.41. The van der Waals surface area contributed by atoms with Gasteiger partial charge in [-0.05, 0) is 38.0 Å². The van der Waals surface area contributed by atoms with Crippen LogP contribution in [-0.4, -0.2) is 4.98 Å². The van der Waals surface area contributed by atoms with E-state index in [1.54, 1.807) is 6.20 Å². The van der Waals surface area contributed by atoms with Crippen LogP contribution in [0.1, 0.15) is 25.0 Å². The molecule has 0 saturated carbocycles. The molecule has 0 spiro atoms.